The summed E-state index contributed by atoms with van der Waals surface area (Å²) in [6.07, 6.45) is 7.11. The summed E-state index contributed by atoms with van der Waals surface area (Å²) in [5.74, 6) is 2.68. The standard InChI is InChI=1S/C18H23N5O2/c1-22(2)16-8-17(21-13-20-16)23-11-18(12-23)9-14(5-7-24-18)25-15-4-3-6-19-10-15/h3-4,6,8,10,13-14H,5,7,9,11-12H2,1-2H3. The molecule has 2 aromatic heterocycles. The molecule has 2 saturated heterocycles. The van der Waals surface area contributed by atoms with Gasteiger partial charge in [0.1, 0.15) is 35.4 Å². The molecule has 2 aliphatic heterocycles. The number of hydrogen-bond donors (Lipinski definition) is 0. The Bertz CT molecular complexity index is 718. The van der Waals surface area contributed by atoms with Gasteiger partial charge in [-0.15, -0.1) is 0 Å². The monoisotopic (exact) mass is 341 g/mol. The Balaban J connectivity index is 1.39. The van der Waals surface area contributed by atoms with Crippen LogP contribution in [0.15, 0.2) is 36.9 Å². The van der Waals surface area contributed by atoms with E-state index in [9.17, 15) is 0 Å². The molecule has 0 saturated carbocycles. The minimum Gasteiger partial charge on any atom is -0.489 e. The van der Waals surface area contributed by atoms with Gasteiger partial charge in [0.2, 0.25) is 0 Å². The predicted molar refractivity (Wildman–Crippen MR) is 95.1 cm³/mol. The SMILES string of the molecule is CN(C)c1cc(N2CC3(CC(Oc4cccnc4)CCO3)C2)ncn1. The van der Waals surface area contributed by atoms with Crippen molar-refractivity contribution >= 4 is 11.6 Å². The number of rotatable bonds is 4. The van der Waals surface area contributed by atoms with Crippen LogP contribution in [0.5, 0.6) is 5.75 Å². The van der Waals surface area contributed by atoms with E-state index in [1.54, 1.807) is 18.7 Å². The molecular weight excluding hydrogens is 318 g/mol. The Hall–Kier alpha value is -2.41. The van der Waals surface area contributed by atoms with Crippen molar-refractivity contribution < 1.29 is 9.47 Å². The predicted octanol–water partition coefficient (Wildman–Crippen LogP) is 1.75. The molecule has 25 heavy (non-hydrogen) atoms. The topological polar surface area (TPSA) is 63.6 Å². The second-order valence-electron chi connectivity index (χ2n) is 6.94. The summed E-state index contributed by atoms with van der Waals surface area (Å²) in [5, 5.41) is 0. The van der Waals surface area contributed by atoms with Gasteiger partial charge in [-0.05, 0) is 12.1 Å². The van der Waals surface area contributed by atoms with E-state index >= 15 is 0 Å². The van der Waals surface area contributed by atoms with Crippen LogP contribution >= 0.6 is 0 Å². The van der Waals surface area contributed by atoms with E-state index in [2.05, 4.69) is 19.9 Å². The Morgan fingerprint density at radius 1 is 1.32 bits per heavy atom. The van der Waals surface area contributed by atoms with Crippen LogP contribution in [0.2, 0.25) is 0 Å². The Morgan fingerprint density at radius 3 is 2.96 bits per heavy atom. The molecule has 0 aromatic carbocycles. The fourth-order valence-corrected chi connectivity index (χ4v) is 3.48. The van der Waals surface area contributed by atoms with Crippen molar-refractivity contribution in [2.75, 3.05) is 43.6 Å². The third-order valence-electron chi connectivity index (χ3n) is 4.76. The van der Waals surface area contributed by atoms with Crippen LogP contribution < -0.4 is 14.5 Å². The van der Waals surface area contributed by atoms with E-state index in [0.717, 1.165) is 49.9 Å². The average molecular weight is 341 g/mol. The molecule has 1 atom stereocenters. The highest BCUT2D eigenvalue weighted by Gasteiger charge is 2.48. The molecule has 0 amide bonds. The van der Waals surface area contributed by atoms with Gasteiger partial charge in [-0.25, -0.2) is 9.97 Å². The molecule has 0 bridgehead atoms. The van der Waals surface area contributed by atoms with Crippen LogP contribution in [0.4, 0.5) is 11.6 Å². The van der Waals surface area contributed by atoms with Crippen molar-refractivity contribution in [3.63, 3.8) is 0 Å². The largest absolute Gasteiger partial charge is 0.489 e. The van der Waals surface area contributed by atoms with Gasteiger partial charge in [0.05, 0.1) is 25.9 Å². The van der Waals surface area contributed by atoms with Gasteiger partial charge in [0.15, 0.2) is 0 Å². The van der Waals surface area contributed by atoms with Crippen LogP contribution in [-0.2, 0) is 4.74 Å². The van der Waals surface area contributed by atoms with Crippen molar-refractivity contribution in [2.45, 2.75) is 24.5 Å². The summed E-state index contributed by atoms with van der Waals surface area (Å²) in [7, 11) is 3.96. The smallest absolute Gasteiger partial charge is 0.138 e. The molecule has 2 aliphatic rings. The van der Waals surface area contributed by atoms with Crippen LogP contribution in [0.1, 0.15) is 12.8 Å². The highest BCUT2D eigenvalue weighted by Crippen LogP contribution is 2.37. The second kappa shape index (κ2) is 6.48. The molecule has 0 N–H and O–H groups in total. The number of aromatic nitrogens is 3. The Kier molecular flexibility index (Phi) is 4.17. The van der Waals surface area contributed by atoms with Gasteiger partial charge in [-0.1, -0.05) is 0 Å². The van der Waals surface area contributed by atoms with Gasteiger partial charge in [-0.2, -0.15) is 0 Å². The second-order valence-corrected chi connectivity index (χ2v) is 6.94. The molecule has 1 spiro atoms. The molecule has 0 radical (unpaired) electrons. The van der Waals surface area contributed by atoms with Gasteiger partial charge in [-0.3, -0.25) is 4.98 Å². The van der Waals surface area contributed by atoms with Crippen molar-refractivity contribution in [2.24, 2.45) is 0 Å². The molecule has 7 nitrogen and oxygen atoms in total. The van der Waals surface area contributed by atoms with Crippen LogP contribution in [0.3, 0.4) is 0 Å². The molecule has 4 heterocycles. The molecule has 2 fully saturated rings. The number of hydrogen-bond acceptors (Lipinski definition) is 7. The average Bonchev–Trinajstić information content (AvgIpc) is 2.61. The fourth-order valence-electron chi connectivity index (χ4n) is 3.48. The first kappa shape index (κ1) is 16.1. The third kappa shape index (κ3) is 3.37. The van der Waals surface area contributed by atoms with E-state index in [0.29, 0.717) is 0 Å². The first-order valence-electron chi connectivity index (χ1n) is 8.59. The number of anilines is 2. The van der Waals surface area contributed by atoms with Gasteiger partial charge in [0, 0.05) is 39.2 Å². The summed E-state index contributed by atoms with van der Waals surface area (Å²) in [5.41, 5.74) is -0.131. The number of nitrogens with zero attached hydrogens (tertiary/aromatic N) is 5. The lowest BCUT2D eigenvalue weighted by molar-refractivity contribution is -0.126. The van der Waals surface area contributed by atoms with Gasteiger partial charge < -0.3 is 19.3 Å². The zero-order chi connectivity index (χ0) is 17.3. The van der Waals surface area contributed by atoms with Crippen LogP contribution in [0.25, 0.3) is 0 Å². The number of ether oxygens (including phenoxy) is 2. The van der Waals surface area contributed by atoms with Gasteiger partial charge >= 0.3 is 0 Å². The first-order valence-corrected chi connectivity index (χ1v) is 8.59. The van der Waals surface area contributed by atoms with E-state index in [-0.39, 0.29) is 11.7 Å². The zero-order valence-electron chi connectivity index (χ0n) is 14.6. The first-order chi connectivity index (χ1) is 12.1. The quantitative estimate of drug-likeness (QED) is 0.839. The van der Waals surface area contributed by atoms with Crippen molar-refractivity contribution in [3.8, 4) is 5.75 Å². The third-order valence-corrected chi connectivity index (χ3v) is 4.76. The van der Waals surface area contributed by atoms with Crippen LogP contribution in [0, 0.1) is 0 Å². The summed E-state index contributed by atoms with van der Waals surface area (Å²) in [6.45, 7) is 2.40. The zero-order valence-corrected chi connectivity index (χ0v) is 14.6. The molecule has 0 aliphatic carbocycles. The van der Waals surface area contributed by atoms with Crippen molar-refractivity contribution in [1.82, 2.24) is 15.0 Å². The van der Waals surface area contributed by atoms with Crippen LogP contribution in [-0.4, -0.2) is 60.4 Å². The Morgan fingerprint density at radius 2 is 2.20 bits per heavy atom. The lowest BCUT2D eigenvalue weighted by Crippen LogP contribution is -2.66. The lowest BCUT2D eigenvalue weighted by Gasteiger charge is -2.53. The minimum absolute atomic E-state index is 0.131. The lowest BCUT2D eigenvalue weighted by atomic mass is 9.84. The molecule has 4 rings (SSSR count). The fraction of sp³-hybridized carbons (Fsp3) is 0.500. The molecule has 7 heteroatoms. The number of pyridine rings is 1. The molecular formula is C18H23N5O2. The molecule has 132 valence electrons. The highest BCUT2D eigenvalue weighted by molar-refractivity contribution is 5.52. The van der Waals surface area contributed by atoms with Crippen molar-refractivity contribution in [3.05, 3.63) is 36.9 Å². The Labute approximate surface area is 147 Å². The summed E-state index contributed by atoms with van der Waals surface area (Å²) in [6, 6.07) is 5.86. The maximum atomic E-state index is 6.11. The summed E-state index contributed by atoms with van der Waals surface area (Å²) in [4.78, 5) is 17.0. The highest BCUT2D eigenvalue weighted by atomic mass is 16.5. The van der Waals surface area contributed by atoms with Gasteiger partial charge in [0.25, 0.3) is 0 Å². The normalized spacial score (nSPS) is 21.7. The van der Waals surface area contributed by atoms with E-state index < -0.39 is 0 Å². The maximum Gasteiger partial charge on any atom is 0.138 e. The van der Waals surface area contributed by atoms with Crippen molar-refractivity contribution in [1.29, 1.82) is 0 Å². The maximum absolute atomic E-state index is 6.11. The van der Waals surface area contributed by atoms with E-state index in [1.807, 2.05) is 37.2 Å². The van der Waals surface area contributed by atoms with E-state index in [4.69, 9.17) is 9.47 Å². The molecule has 2 aromatic rings. The summed E-state index contributed by atoms with van der Waals surface area (Å²) < 4.78 is 12.2. The minimum atomic E-state index is -0.131. The summed E-state index contributed by atoms with van der Waals surface area (Å²) >= 11 is 0. The molecule has 1 unspecified atom stereocenters. The van der Waals surface area contributed by atoms with E-state index in [1.165, 1.54) is 0 Å².